The Balaban J connectivity index is 2.37. The monoisotopic (exact) mass is 325 g/mol. The molecule has 0 atom stereocenters. The number of nitrogen functional groups attached to an aromatic ring is 1. The van der Waals surface area contributed by atoms with Crippen LogP contribution in [-0.2, 0) is 0 Å². The van der Waals surface area contributed by atoms with E-state index in [1.54, 1.807) is 18.2 Å². The molecule has 0 spiro atoms. The van der Waals surface area contributed by atoms with Gasteiger partial charge in [0.15, 0.2) is 11.5 Å². The van der Waals surface area contributed by atoms with Gasteiger partial charge in [-0.3, -0.25) is 0 Å². The minimum absolute atomic E-state index is 0.0518. The van der Waals surface area contributed by atoms with Crippen molar-refractivity contribution in [3.63, 3.8) is 0 Å². The minimum Gasteiger partial charge on any atom is -0.489 e. The molecule has 0 aliphatic carbocycles. The van der Waals surface area contributed by atoms with Gasteiger partial charge in [0, 0.05) is 5.69 Å². The Hall–Kier alpha value is -2.37. The van der Waals surface area contributed by atoms with Crippen molar-refractivity contribution in [1.82, 2.24) is 0 Å². The van der Waals surface area contributed by atoms with Gasteiger partial charge in [0.25, 0.3) is 0 Å². The summed E-state index contributed by atoms with van der Waals surface area (Å²) in [6, 6.07) is 11.4. The molecule has 0 fully saturated rings. The fraction of sp³-hybridized carbons (Fsp3) is 0.294. The molecule has 0 amide bonds. The molecular formula is C17H18F3NO2. The summed E-state index contributed by atoms with van der Waals surface area (Å²) in [5.41, 5.74) is 7.80. The van der Waals surface area contributed by atoms with Crippen molar-refractivity contribution in [2.24, 2.45) is 5.92 Å². The number of benzene rings is 2. The van der Waals surface area contributed by atoms with Gasteiger partial charge in [-0.05, 0) is 41.3 Å². The first-order valence-corrected chi connectivity index (χ1v) is 7.13. The van der Waals surface area contributed by atoms with Crippen LogP contribution in [0.2, 0.25) is 0 Å². The van der Waals surface area contributed by atoms with Crippen LogP contribution in [0, 0.1) is 5.92 Å². The molecule has 124 valence electrons. The number of rotatable bonds is 5. The van der Waals surface area contributed by atoms with E-state index in [1.165, 1.54) is 18.2 Å². The SMILES string of the molecule is CC(C)COc1cc(-c2cccc(N)c2)ccc1OC(F)(F)F. The summed E-state index contributed by atoms with van der Waals surface area (Å²) in [7, 11) is 0. The zero-order valence-electron chi connectivity index (χ0n) is 12.9. The summed E-state index contributed by atoms with van der Waals surface area (Å²) < 4.78 is 47.0. The first-order chi connectivity index (χ1) is 10.7. The molecule has 0 saturated heterocycles. The van der Waals surface area contributed by atoms with Crippen molar-refractivity contribution in [2.45, 2.75) is 20.2 Å². The second-order valence-corrected chi connectivity index (χ2v) is 5.54. The predicted molar refractivity (Wildman–Crippen MR) is 83.3 cm³/mol. The fourth-order valence-electron chi connectivity index (χ4n) is 1.98. The van der Waals surface area contributed by atoms with Gasteiger partial charge in [-0.15, -0.1) is 13.2 Å². The van der Waals surface area contributed by atoms with Crippen molar-refractivity contribution in [2.75, 3.05) is 12.3 Å². The van der Waals surface area contributed by atoms with Crippen LogP contribution in [0.3, 0.4) is 0 Å². The maximum absolute atomic E-state index is 12.5. The second-order valence-electron chi connectivity index (χ2n) is 5.54. The highest BCUT2D eigenvalue weighted by molar-refractivity contribution is 5.70. The summed E-state index contributed by atoms with van der Waals surface area (Å²) >= 11 is 0. The molecule has 6 heteroatoms. The average Bonchev–Trinajstić information content (AvgIpc) is 2.44. The smallest absolute Gasteiger partial charge is 0.489 e. The van der Waals surface area contributed by atoms with Gasteiger partial charge in [-0.1, -0.05) is 32.0 Å². The van der Waals surface area contributed by atoms with E-state index in [1.807, 2.05) is 19.9 Å². The first-order valence-electron chi connectivity index (χ1n) is 7.13. The number of hydrogen-bond donors (Lipinski definition) is 1. The number of hydrogen-bond acceptors (Lipinski definition) is 3. The third-order valence-electron chi connectivity index (χ3n) is 2.96. The van der Waals surface area contributed by atoms with Crippen LogP contribution < -0.4 is 15.2 Å². The summed E-state index contributed by atoms with van der Waals surface area (Å²) in [6.45, 7) is 4.10. The lowest BCUT2D eigenvalue weighted by Crippen LogP contribution is -2.18. The van der Waals surface area contributed by atoms with Gasteiger partial charge in [-0.2, -0.15) is 0 Å². The van der Waals surface area contributed by atoms with Gasteiger partial charge in [0.1, 0.15) is 0 Å². The topological polar surface area (TPSA) is 44.5 Å². The number of ether oxygens (including phenoxy) is 2. The predicted octanol–water partition coefficient (Wildman–Crippen LogP) is 4.87. The van der Waals surface area contributed by atoms with Crippen molar-refractivity contribution in [3.8, 4) is 22.6 Å². The van der Waals surface area contributed by atoms with E-state index < -0.39 is 6.36 Å². The number of alkyl halides is 3. The maximum atomic E-state index is 12.5. The van der Waals surface area contributed by atoms with E-state index >= 15 is 0 Å². The molecule has 2 rings (SSSR count). The van der Waals surface area contributed by atoms with Crippen molar-refractivity contribution < 1.29 is 22.6 Å². The Morgan fingerprint density at radius 2 is 1.70 bits per heavy atom. The van der Waals surface area contributed by atoms with E-state index in [9.17, 15) is 13.2 Å². The molecule has 0 aliphatic heterocycles. The van der Waals surface area contributed by atoms with Crippen LogP contribution in [0.15, 0.2) is 42.5 Å². The van der Waals surface area contributed by atoms with Gasteiger partial charge >= 0.3 is 6.36 Å². The fourth-order valence-corrected chi connectivity index (χ4v) is 1.98. The lowest BCUT2D eigenvalue weighted by atomic mass is 10.0. The van der Waals surface area contributed by atoms with Crippen LogP contribution >= 0.6 is 0 Å². The lowest BCUT2D eigenvalue weighted by Gasteiger charge is -2.16. The van der Waals surface area contributed by atoms with Crippen molar-refractivity contribution >= 4 is 5.69 Å². The Kier molecular flexibility index (Phi) is 5.03. The first kappa shape index (κ1) is 17.0. The minimum atomic E-state index is -4.77. The molecule has 0 saturated carbocycles. The molecule has 0 radical (unpaired) electrons. The van der Waals surface area contributed by atoms with Crippen LogP contribution in [0.5, 0.6) is 11.5 Å². The lowest BCUT2D eigenvalue weighted by molar-refractivity contribution is -0.275. The maximum Gasteiger partial charge on any atom is 0.573 e. The Labute approximate surface area is 132 Å². The summed E-state index contributed by atoms with van der Waals surface area (Å²) in [6.07, 6.45) is -4.77. The largest absolute Gasteiger partial charge is 0.573 e. The van der Waals surface area contributed by atoms with Gasteiger partial charge < -0.3 is 15.2 Å². The van der Waals surface area contributed by atoms with E-state index in [-0.39, 0.29) is 24.0 Å². The number of anilines is 1. The van der Waals surface area contributed by atoms with E-state index in [4.69, 9.17) is 10.5 Å². The number of halogens is 3. The highest BCUT2D eigenvalue weighted by Gasteiger charge is 2.32. The van der Waals surface area contributed by atoms with Crippen LogP contribution in [0.25, 0.3) is 11.1 Å². The highest BCUT2D eigenvalue weighted by atomic mass is 19.4. The molecule has 0 bridgehead atoms. The normalized spacial score (nSPS) is 11.6. The van der Waals surface area contributed by atoms with E-state index in [0.29, 0.717) is 11.3 Å². The zero-order chi connectivity index (χ0) is 17.0. The molecule has 0 aromatic heterocycles. The van der Waals surface area contributed by atoms with Crippen LogP contribution in [0.4, 0.5) is 18.9 Å². The number of nitrogens with two attached hydrogens (primary N) is 1. The van der Waals surface area contributed by atoms with Crippen LogP contribution in [0.1, 0.15) is 13.8 Å². The molecule has 0 aliphatic rings. The molecule has 23 heavy (non-hydrogen) atoms. The Morgan fingerprint density at radius 1 is 1.00 bits per heavy atom. The van der Waals surface area contributed by atoms with Gasteiger partial charge in [-0.25, -0.2) is 0 Å². The van der Waals surface area contributed by atoms with Gasteiger partial charge in [0.05, 0.1) is 6.61 Å². The molecule has 2 aromatic rings. The van der Waals surface area contributed by atoms with Crippen LogP contribution in [-0.4, -0.2) is 13.0 Å². The van der Waals surface area contributed by atoms with E-state index in [2.05, 4.69) is 4.74 Å². The van der Waals surface area contributed by atoms with E-state index in [0.717, 1.165) is 5.56 Å². The molecule has 0 unspecified atom stereocenters. The van der Waals surface area contributed by atoms with Crippen molar-refractivity contribution in [1.29, 1.82) is 0 Å². The summed E-state index contributed by atoms with van der Waals surface area (Å²) in [4.78, 5) is 0. The van der Waals surface area contributed by atoms with Crippen molar-refractivity contribution in [3.05, 3.63) is 42.5 Å². The standard InChI is InChI=1S/C17H18F3NO2/c1-11(2)10-22-16-9-13(12-4-3-5-14(21)8-12)6-7-15(16)23-17(18,19)20/h3-9,11H,10,21H2,1-2H3. The third-order valence-corrected chi connectivity index (χ3v) is 2.96. The van der Waals surface area contributed by atoms with Gasteiger partial charge in [0.2, 0.25) is 0 Å². The summed E-state index contributed by atoms with van der Waals surface area (Å²) in [5, 5.41) is 0. The third kappa shape index (κ3) is 5.09. The average molecular weight is 325 g/mol. The Morgan fingerprint density at radius 3 is 2.30 bits per heavy atom. The second kappa shape index (κ2) is 6.81. The molecule has 3 nitrogen and oxygen atoms in total. The molecular weight excluding hydrogens is 307 g/mol. The molecule has 2 N–H and O–H groups in total. The Bertz CT molecular complexity index is 669. The molecule has 2 aromatic carbocycles. The molecule has 0 heterocycles. The quantitative estimate of drug-likeness (QED) is 0.798. The summed E-state index contributed by atoms with van der Waals surface area (Å²) in [5.74, 6) is -0.133. The highest BCUT2D eigenvalue weighted by Crippen LogP contribution is 2.36. The zero-order valence-corrected chi connectivity index (χ0v) is 12.9.